The van der Waals surface area contributed by atoms with Gasteiger partial charge in [0.2, 0.25) is 0 Å². The molecule has 2 aromatic carbocycles. The van der Waals surface area contributed by atoms with Gasteiger partial charge in [0.25, 0.3) is 0 Å². The molecule has 0 spiro atoms. The van der Waals surface area contributed by atoms with Gasteiger partial charge in [-0.2, -0.15) is 0 Å². The van der Waals surface area contributed by atoms with Crippen LogP contribution in [0.2, 0.25) is 0 Å². The minimum absolute atomic E-state index is 0.274. The summed E-state index contributed by atoms with van der Waals surface area (Å²) in [4.78, 5) is 13.9. The fourth-order valence-electron chi connectivity index (χ4n) is 3.25. The molecule has 3 heterocycles. The zero-order valence-corrected chi connectivity index (χ0v) is 17.2. The molecule has 0 aliphatic carbocycles. The number of nitrogens with zero attached hydrogens (tertiary/aromatic N) is 3. The molecule has 5 rings (SSSR count). The van der Waals surface area contributed by atoms with E-state index in [0.29, 0.717) is 5.82 Å². The van der Waals surface area contributed by atoms with Gasteiger partial charge in [-0.05, 0) is 42.0 Å². The van der Waals surface area contributed by atoms with Crippen LogP contribution in [0.4, 0.5) is 15.3 Å². The summed E-state index contributed by atoms with van der Waals surface area (Å²) in [5.41, 5.74) is 5.20. The van der Waals surface area contributed by atoms with E-state index in [-0.39, 0.29) is 5.82 Å². The highest BCUT2D eigenvalue weighted by molar-refractivity contribution is 7.14. The molecule has 0 saturated heterocycles. The van der Waals surface area contributed by atoms with Crippen molar-refractivity contribution in [1.82, 2.24) is 15.0 Å². The largest absolute Gasteiger partial charge is 0.316 e. The highest BCUT2D eigenvalue weighted by Crippen LogP contribution is 2.33. The van der Waals surface area contributed by atoms with Crippen molar-refractivity contribution in [2.75, 3.05) is 5.32 Å². The van der Waals surface area contributed by atoms with Gasteiger partial charge < -0.3 is 5.32 Å². The molecule has 0 unspecified atom stereocenters. The Hall–Kier alpha value is -3.90. The van der Waals surface area contributed by atoms with E-state index in [9.17, 15) is 4.39 Å². The first kappa shape index (κ1) is 19.1. The molecular weight excluding hydrogens is 407 g/mol. The Labute approximate surface area is 183 Å². The van der Waals surface area contributed by atoms with Gasteiger partial charge >= 0.3 is 0 Å². The minimum atomic E-state index is -0.274. The molecule has 0 aliphatic heterocycles. The summed E-state index contributed by atoms with van der Waals surface area (Å²) in [5, 5.41) is 6.10. The molecule has 31 heavy (non-hydrogen) atoms. The Kier molecular flexibility index (Phi) is 5.21. The zero-order chi connectivity index (χ0) is 21.0. The van der Waals surface area contributed by atoms with E-state index in [1.54, 1.807) is 18.3 Å². The fraction of sp³-hybridized carbons (Fsp3) is 0. The monoisotopic (exact) mass is 424 g/mol. The molecule has 0 fully saturated rings. The van der Waals surface area contributed by atoms with Crippen LogP contribution in [0.5, 0.6) is 0 Å². The van der Waals surface area contributed by atoms with Gasteiger partial charge in [0.05, 0.1) is 17.1 Å². The van der Waals surface area contributed by atoms with Crippen molar-refractivity contribution in [3.8, 4) is 33.8 Å². The Morgan fingerprint density at radius 1 is 0.677 bits per heavy atom. The average molecular weight is 425 g/mol. The number of anilines is 2. The summed E-state index contributed by atoms with van der Waals surface area (Å²) in [6.45, 7) is 0. The van der Waals surface area contributed by atoms with E-state index in [1.807, 2.05) is 66.0 Å². The predicted molar refractivity (Wildman–Crippen MR) is 124 cm³/mol. The van der Waals surface area contributed by atoms with Gasteiger partial charge in [0.15, 0.2) is 5.13 Å². The van der Waals surface area contributed by atoms with Crippen molar-refractivity contribution in [2.24, 2.45) is 0 Å². The van der Waals surface area contributed by atoms with Crippen LogP contribution in [0, 0.1) is 5.82 Å². The average Bonchev–Trinajstić information content (AvgIpc) is 3.29. The molecule has 0 radical (unpaired) electrons. The highest BCUT2D eigenvalue weighted by Gasteiger charge is 2.13. The number of rotatable bonds is 5. The van der Waals surface area contributed by atoms with E-state index in [0.717, 1.165) is 38.9 Å². The third-order valence-corrected chi connectivity index (χ3v) is 5.53. The zero-order valence-electron chi connectivity index (χ0n) is 16.4. The van der Waals surface area contributed by atoms with Gasteiger partial charge in [-0.25, -0.2) is 14.4 Å². The van der Waals surface area contributed by atoms with Crippen LogP contribution >= 0.6 is 11.3 Å². The molecule has 0 bridgehead atoms. The SMILES string of the molecule is Fc1ccc(-c2ccc(-c3ccccn3)nc2Nc2nc(-c3ccccc3)cs2)cc1. The second-order valence-electron chi connectivity index (χ2n) is 6.84. The lowest BCUT2D eigenvalue weighted by molar-refractivity contribution is 0.628. The maximum Gasteiger partial charge on any atom is 0.188 e. The van der Waals surface area contributed by atoms with Crippen LogP contribution in [0.25, 0.3) is 33.8 Å². The van der Waals surface area contributed by atoms with Crippen molar-refractivity contribution < 1.29 is 4.39 Å². The smallest absolute Gasteiger partial charge is 0.188 e. The summed E-state index contributed by atoms with van der Waals surface area (Å²) >= 11 is 1.51. The van der Waals surface area contributed by atoms with Crippen LogP contribution in [0.1, 0.15) is 0 Å². The lowest BCUT2D eigenvalue weighted by Crippen LogP contribution is -1.99. The quantitative estimate of drug-likeness (QED) is 0.336. The van der Waals surface area contributed by atoms with Crippen molar-refractivity contribution in [3.05, 3.63) is 102 Å². The number of hydrogen-bond acceptors (Lipinski definition) is 5. The van der Waals surface area contributed by atoms with Crippen molar-refractivity contribution in [1.29, 1.82) is 0 Å². The van der Waals surface area contributed by atoms with Gasteiger partial charge in [-0.1, -0.05) is 48.5 Å². The first-order valence-electron chi connectivity index (χ1n) is 9.73. The maximum absolute atomic E-state index is 13.5. The van der Waals surface area contributed by atoms with Crippen molar-refractivity contribution in [2.45, 2.75) is 0 Å². The number of hydrogen-bond donors (Lipinski definition) is 1. The van der Waals surface area contributed by atoms with Crippen LogP contribution < -0.4 is 5.32 Å². The Bertz CT molecular complexity index is 1300. The second-order valence-corrected chi connectivity index (χ2v) is 7.70. The number of nitrogens with one attached hydrogen (secondary N) is 1. The molecule has 150 valence electrons. The molecule has 0 saturated carbocycles. The molecule has 0 atom stereocenters. The van der Waals surface area contributed by atoms with Crippen molar-refractivity contribution >= 4 is 22.3 Å². The number of benzene rings is 2. The second kappa shape index (κ2) is 8.45. The minimum Gasteiger partial charge on any atom is -0.316 e. The van der Waals surface area contributed by atoms with E-state index >= 15 is 0 Å². The lowest BCUT2D eigenvalue weighted by Gasteiger charge is -2.12. The summed E-state index contributed by atoms with van der Waals surface area (Å²) in [6.07, 6.45) is 1.74. The van der Waals surface area contributed by atoms with Gasteiger partial charge in [-0.15, -0.1) is 11.3 Å². The summed E-state index contributed by atoms with van der Waals surface area (Å²) in [5.74, 6) is 0.368. The van der Waals surface area contributed by atoms with Crippen LogP contribution in [0.15, 0.2) is 96.5 Å². The topological polar surface area (TPSA) is 50.7 Å². The lowest BCUT2D eigenvalue weighted by atomic mass is 10.1. The maximum atomic E-state index is 13.5. The number of thiazole rings is 1. The molecule has 6 heteroatoms. The number of halogens is 1. The first-order chi connectivity index (χ1) is 15.3. The van der Waals surface area contributed by atoms with Gasteiger partial charge in [0.1, 0.15) is 11.6 Å². The fourth-order valence-corrected chi connectivity index (χ4v) is 3.97. The first-order valence-corrected chi connectivity index (χ1v) is 10.6. The van der Waals surface area contributed by atoms with E-state index < -0.39 is 0 Å². The molecule has 4 nitrogen and oxygen atoms in total. The molecule has 3 aromatic heterocycles. The molecular formula is C25H17FN4S. The number of aromatic nitrogens is 3. The van der Waals surface area contributed by atoms with E-state index in [2.05, 4.69) is 10.3 Å². The third-order valence-electron chi connectivity index (χ3n) is 4.78. The summed E-state index contributed by atoms with van der Waals surface area (Å²) < 4.78 is 13.5. The Balaban J connectivity index is 1.55. The predicted octanol–water partition coefficient (Wildman–Crippen LogP) is 6.82. The normalized spacial score (nSPS) is 10.7. The summed E-state index contributed by atoms with van der Waals surface area (Å²) in [6, 6.07) is 26.0. The van der Waals surface area contributed by atoms with Crippen LogP contribution in [-0.4, -0.2) is 15.0 Å². The van der Waals surface area contributed by atoms with Crippen LogP contribution in [-0.2, 0) is 0 Å². The van der Waals surface area contributed by atoms with E-state index in [4.69, 9.17) is 9.97 Å². The van der Waals surface area contributed by atoms with E-state index in [1.165, 1.54) is 23.5 Å². The summed E-state index contributed by atoms with van der Waals surface area (Å²) in [7, 11) is 0. The molecule has 5 aromatic rings. The number of pyridine rings is 2. The molecule has 1 N–H and O–H groups in total. The van der Waals surface area contributed by atoms with Crippen molar-refractivity contribution in [3.63, 3.8) is 0 Å². The Morgan fingerprint density at radius 3 is 2.26 bits per heavy atom. The highest BCUT2D eigenvalue weighted by atomic mass is 32.1. The van der Waals surface area contributed by atoms with Gasteiger partial charge in [-0.3, -0.25) is 4.98 Å². The standard InChI is InChI=1S/C25H17FN4S/c26-19-11-9-17(10-12-19)20-13-14-22(21-8-4-5-15-27-21)28-24(20)30-25-29-23(16-31-25)18-6-2-1-3-7-18/h1-16H,(H,28,29,30). The van der Waals surface area contributed by atoms with Gasteiger partial charge in [0, 0.05) is 22.7 Å². The third kappa shape index (κ3) is 4.20. The molecule has 0 aliphatic rings. The van der Waals surface area contributed by atoms with Crippen LogP contribution in [0.3, 0.4) is 0 Å². The molecule has 0 amide bonds. The Morgan fingerprint density at radius 2 is 1.48 bits per heavy atom.